The Bertz CT molecular complexity index is 520. The summed E-state index contributed by atoms with van der Waals surface area (Å²) in [5, 5.41) is 12.0. The van der Waals surface area contributed by atoms with E-state index >= 15 is 0 Å². The Labute approximate surface area is 112 Å². The van der Waals surface area contributed by atoms with E-state index < -0.39 is 0 Å². The fourth-order valence-electron chi connectivity index (χ4n) is 1.86. The average Bonchev–Trinajstić information content (AvgIpc) is 2.42. The summed E-state index contributed by atoms with van der Waals surface area (Å²) in [7, 11) is 0. The van der Waals surface area contributed by atoms with Gasteiger partial charge >= 0.3 is 0 Å². The molecule has 3 nitrogen and oxygen atoms in total. The lowest BCUT2D eigenvalue weighted by Crippen LogP contribution is -2.11. The fourth-order valence-corrected chi connectivity index (χ4v) is 1.86. The summed E-state index contributed by atoms with van der Waals surface area (Å²) in [4.78, 5) is 11.7. The lowest BCUT2D eigenvalue weighted by Gasteiger charge is -2.05. The van der Waals surface area contributed by atoms with Crippen molar-refractivity contribution in [3.63, 3.8) is 0 Å². The number of phenolic OH excluding ortho intramolecular Hbond substituents is 1. The molecule has 0 radical (unpaired) electrons. The first-order valence-corrected chi connectivity index (χ1v) is 6.37. The molecule has 19 heavy (non-hydrogen) atoms. The predicted molar refractivity (Wildman–Crippen MR) is 76.1 cm³/mol. The first-order chi connectivity index (χ1) is 9.24. The molecule has 0 unspecified atom stereocenters. The fraction of sp³-hybridized carbons (Fsp3) is 0.188. The van der Waals surface area contributed by atoms with Gasteiger partial charge in [-0.15, -0.1) is 0 Å². The van der Waals surface area contributed by atoms with Gasteiger partial charge in [0.25, 0.3) is 0 Å². The van der Waals surface area contributed by atoms with Crippen LogP contribution in [0.4, 0.5) is 5.69 Å². The topological polar surface area (TPSA) is 49.3 Å². The second kappa shape index (κ2) is 6.59. The molecule has 0 saturated heterocycles. The molecule has 98 valence electrons. The average molecular weight is 255 g/mol. The van der Waals surface area contributed by atoms with Crippen LogP contribution in [0.3, 0.4) is 0 Å². The number of anilines is 1. The highest BCUT2D eigenvalue weighted by molar-refractivity contribution is 5.90. The molecule has 1 amide bonds. The minimum Gasteiger partial charge on any atom is -0.508 e. The number of phenols is 1. The molecule has 0 aliphatic heterocycles. The third kappa shape index (κ3) is 4.47. The van der Waals surface area contributed by atoms with Crippen molar-refractivity contribution in [2.24, 2.45) is 0 Å². The third-order valence-electron chi connectivity index (χ3n) is 2.86. The zero-order chi connectivity index (χ0) is 13.5. The number of hydrogen-bond acceptors (Lipinski definition) is 2. The second-order valence-electron chi connectivity index (χ2n) is 4.43. The molecule has 2 aromatic carbocycles. The minimum atomic E-state index is 0.0324. The molecule has 3 heteroatoms. The smallest absolute Gasteiger partial charge is 0.224 e. The molecular formula is C16H17NO2. The van der Waals surface area contributed by atoms with Gasteiger partial charge in [-0.05, 0) is 42.7 Å². The zero-order valence-electron chi connectivity index (χ0n) is 10.7. The maximum absolute atomic E-state index is 11.7. The second-order valence-corrected chi connectivity index (χ2v) is 4.43. The molecule has 2 rings (SSSR count). The summed E-state index contributed by atoms with van der Waals surface area (Å²) in [5.41, 5.74) is 1.96. The Kier molecular flexibility index (Phi) is 4.56. The number of para-hydroxylation sites is 1. The first kappa shape index (κ1) is 13.1. The lowest BCUT2D eigenvalue weighted by atomic mass is 10.1. The van der Waals surface area contributed by atoms with E-state index in [1.807, 2.05) is 42.5 Å². The van der Waals surface area contributed by atoms with Gasteiger partial charge in [-0.3, -0.25) is 4.79 Å². The van der Waals surface area contributed by atoms with E-state index in [-0.39, 0.29) is 11.7 Å². The van der Waals surface area contributed by atoms with Crippen molar-refractivity contribution in [2.45, 2.75) is 19.3 Å². The molecule has 2 aromatic rings. The van der Waals surface area contributed by atoms with Crippen LogP contribution in [0.5, 0.6) is 5.75 Å². The molecule has 0 aromatic heterocycles. The summed E-state index contributed by atoms with van der Waals surface area (Å²) < 4.78 is 0. The SMILES string of the molecule is O=C(CCCc1ccc(O)cc1)Nc1ccccc1. The van der Waals surface area contributed by atoms with Crippen LogP contribution in [0, 0.1) is 0 Å². The molecule has 0 spiro atoms. The highest BCUT2D eigenvalue weighted by Gasteiger charge is 2.02. The molecule has 0 saturated carbocycles. The third-order valence-corrected chi connectivity index (χ3v) is 2.86. The minimum absolute atomic E-state index is 0.0324. The van der Waals surface area contributed by atoms with E-state index in [0.717, 1.165) is 24.1 Å². The van der Waals surface area contributed by atoms with E-state index in [2.05, 4.69) is 5.32 Å². The Morgan fingerprint density at radius 3 is 2.37 bits per heavy atom. The standard InChI is InChI=1S/C16H17NO2/c18-15-11-9-13(10-12-15)5-4-8-16(19)17-14-6-2-1-3-7-14/h1-3,6-7,9-12,18H,4-5,8H2,(H,17,19). The number of aryl methyl sites for hydroxylation is 1. The monoisotopic (exact) mass is 255 g/mol. The summed E-state index contributed by atoms with van der Waals surface area (Å²) in [6.07, 6.45) is 2.13. The van der Waals surface area contributed by atoms with Gasteiger partial charge in [0.1, 0.15) is 5.75 Å². The van der Waals surface area contributed by atoms with Crippen LogP contribution >= 0.6 is 0 Å². The Balaban J connectivity index is 1.74. The van der Waals surface area contributed by atoms with E-state index in [1.165, 1.54) is 0 Å². The molecule has 0 aliphatic rings. The van der Waals surface area contributed by atoms with E-state index in [4.69, 9.17) is 0 Å². The van der Waals surface area contributed by atoms with Gasteiger partial charge in [-0.1, -0.05) is 30.3 Å². The van der Waals surface area contributed by atoms with Gasteiger partial charge in [0.15, 0.2) is 0 Å². The number of carbonyl (C=O) groups excluding carboxylic acids is 1. The summed E-state index contributed by atoms with van der Waals surface area (Å²) in [6, 6.07) is 16.5. The summed E-state index contributed by atoms with van der Waals surface area (Å²) >= 11 is 0. The van der Waals surface area contributed by atoms with Gasteiger partial charge in [0.05, 0.1) is 0 Å². The van der Waals surface area contributed by atoms with Crippen molar-refractivity contribution < 1.29 is 9.90 Å². The van der Waals surface area contributed by atoms with Crippen molar-refractivity contribution in [3.05, 3.63) is 60.2 Å². The first-order valence-electron chi connectivity index (χ1n) is 6.37. The number of rotatable bonds is 5. The maximum atomic E-state index is 11.7. The molecule has 0 atom stereocenters. The highest BCUT2D eigenvalue weighted by atomic mass is 16.3. The summed E-state index contributed by atoms with van der Waals surface area (Å²) in [6.45, 7) is 0. The van der Waals surface area contributed by atoms with Crippen molar-refractivity contribution in [1.82, 2.24) is 0 Å². The number of carbonyl (C=O) groups is 1. The zero-order valence-corrected chi connectivity index (χ0v) is 10.7. The largest absolute Gasteiger partial charge is 0.508 e. The Morgan fingerprint density at radius 1 is 1.00 bits per heavy atom. The molecule has 0 aliphatic carbocycles. The van der Waals surface area contributed by atoms with Crippen LogP contribution in [0.25, 0.3) is 0 Å². The van der Waals surface area contributed by atoms with Crippen LogP contribution in [0.1, 0.15) is 18.4 Å². The Hall–Kier alpha value is -2.29. The van der Waals surface area contributed by atoms with E-state index in [1.54, 1.807) is 12.1 Å². The van der Waals surface area contributed by atoms with Crippen molar-refractivity contribution >= 4 is 11.6 Å². The quantitative estimate of drug-likeness (QED) is 0.860. The van der Waals surface area contributed by atoms with Crippen LogP contribution in [-0.4, -0.2) is 11.0 Å². The predicted octanol–water partition coefficient (Wildman–Crippen LogP) is 3.35. The highest BCUT2D eigenvalue weighted by Crippen LogP contribution is 2.12. The normalized spacial score (nSPS) is 10.1. The van der Waals surface area contributed by atoms with Crippen molar-refractivity contribution in [2.75, 3.05) is 5.32 Å². The van der Waals surface area contributed by atoms with Gasteiger partial charge in [-0.2, -0.15) is 0 Å². The molecule has 2 N–H and O–H groups in total. The van der Waals surface area contributed by atoms with Gasteiger partial charge in [0, 0.05) is 12.1 Å². The Morgan fingerprint density at radius 2 is 1.68 bits per heavy atom. The van der Waals surface area contributed by atoms with Gasteiger partial charge < -0.3 is 10.4 Å². The number of aromatic hydroxyl groups is 1. The molecule has 0 heterocycles. The number of nitrogens with one attached hydrogen (secondary N) is 1. The van der Waals surface area contributed by atoms with Crippen molar-refractivity contribution in [3.8, 4) is 5.75 Å². The lowest BCUT2D eigenvalue weighted by molar-refractivity contribution is -0.116. The molecule has 0 bridgehead atoms. The van der Waals surface area contributed by atoms with Gasteiger partial charge in [0.2, 0.25) is 5.91 Å². The summed E-state index contributed by atoms with van der Waals surface area (Å²) in [5.74, 6) is 0.301. The van der Waals surface area contributed by atoms with Crippen LogP contribution in [0.15, 0.2) is 54.6 Å². The molecular weight excluding hydrogens is 238 g/mol. The van der Waals surface area contributed by atoms with Crippen LogP contribution in [-0.2, 0) is 11.2 Å². The molecule has 0 fully saturated rings. The van der Waals surface area contributed by atoms with E-state index in [0.29, 0.717) is 6.42 Å². The van der Waals surface area contributed by atoms with Crippen LogP contribution < -0.4 is 5.32 Å². The number of amides is 1. The maximum Gasteiger partial charge on any atom is 0.224 e. The van der Waals surface area contributed by atoms with Crippen LogP contribution in [0.2, 0.25) is 0 Å². The van der Waals surface area contributed by atoms with E-state index in [9.17, 15) is 9.90 Å². The number of hydrogen-bond donors (Lipinski definition) is 2. The van der Waals surface area contributed by atoms with Crippen molar-refractivity contribution in [1.29, 1.82) is 0 Å². The van der Waals surface area contributed by atoms with Gasteiger partial charge in [-0.25, -0.2) is 0 Å². The number of benzene rings is 2.